The van der Waals surface area contributed by atoms with Gasteiger partial charge in [-0.1, -0.05) is 0 Å². The van der Waals surface area contributed by atoms with Gasteiger partial charge in [-0.3, -0.25) is 14.9 Å². The van der Waals surface area contributed by atoms with Gasteiger partial charge in [0.25, 0.3) is 11.6 Å². The molecule has 2 rings (SSSR count). The number of nitrogens with one attached hydrogen (secondary N) is 1. The second kappa shape index (κ2) is 8.51. The monoisotopic (exact) mass is 389 g/mol. The largest absolute Gasteiger partial charge is 0.449 e. The van der Waals surface area contributed by atoms with Gasteiger partial charge in [-0.15, -0.1) is 0 Å². The lowest BCUT2D eigenvalue weighted by atomic mass is 10.1. The zero-order chi connectivity index (χ0) is 21.0. The summed E-state index contributed by atoms with van der Waals surface area (Å²) in [6.45, 7) is 5.25. The lowest BCUT2D eigenvalue weighted by Crippen LogP contribution is -2.31. The highest BCUT2D eigenvalue weighted by Crippen LogP contribution is 2.28. The first-order valence-corrected chi connectivity index (χ1v) is 8.63. The van der Waals surface area contributed by atoms with Crippen molar-refractivity contribution in [2.24, 2.45) is 0 Å². The number of nitro benzene ring substituents is 1. The van der Waals surface area contributed by atoms with E-state index in [1.807, 2.05) is 13.8 Å². The number of esters is 1. The first-order chi connectivity index (χ1) is 13.1. The van der Waals surface area contributed by atoms with Gasteiger partial charge in [0, 0.05) is 32.3 Å². The topological polar surface area (TPSA) is 120 Å². The van der Waals surface area contributed by atoms with Crippen LogP contribution in [-0.2, 0) is 9.53 Å². The Bertz CT molecular complexity index is 890. The lowest BCUT2D eigenvalue weighted by molar-refractivity contribution is -0.384. The summed E-state index contributed by atoms with van der Waals surface area (Å²) in [5.41, 5.74) is 0.121. The first kappa shape index (κ1) is 20.9. The molecule has 0 saturated heterocycles. The number of carbonyl (C=O) groups is 2. The molecule has 0 aliphatic carbocycles. The zero-order valence-corrected chi connectivity index (χ0v) is 16.4. The molecule has 1 amide bonds. The Morgan fingerprint density at radius 3 is 2.50 bits per heavy atom. The molecule has 0 bridgehead atoms. The van der Waals surface area contributed by atoms with Crippen molar-refractivity contribution in [3.8, 4) is 0 Å². The molecule has 1 N–H and O–H groups in total. The van der Waals surface area contributed by atoms with Crippen LogP contribution in [0.5, 0.6) is 0 Å². The Morgan fingerprint density at radius 2 is 1.93 bits per heavy atom. The van der Waals surface area contributed by atoms with E-state index < -0.39 is 22.9 Å². The van der Waals surface area contributed by atoms with Gasteiger partial charge >= 0.3 is 5.97 Å². The van der Waals surface area contributed by atoms with E-state index in [1.54, 1.807) is 35.9 Å². The van der Waals surface area contributed by atoms with Crippen molar-refractivity contribution in [3.63, 3.8) is 0 Å². The summed E-state index contributed by atoms with van der Waals surface area (Å²) in [4.78, 5) is 36.9. The van der Waals surface area contributed by atoms with Crippen molar-refractivity contribution in [2.75, 3.05) is 24.3 Å². The van der Waals surface area contributed by atoms with E-state index in [1.165, 1.54) is 19.1 Å². The molecule has 0 fully saturated rings. The van der Waals surface area contributed by atoms with E-state index in [-0.39, 0.29) is 17.3 Å². The summed E-state index contributed by atoms with van der Waals surface area (Å²) in [5.74, 6) is -0.877. The molecule has 10 nitrogen and oxygen atoms in total. The van der Waals surface area contributed by atoms with Gasteiger partial charge in [-0.25, -0.2) is 9.48 Å². The maximum Gasteiger partial charge on any atom is 0.339 e. The van der Waals surface area contributed by atoms with Crippen LogP contribution in [0.15, 0.2) is 30.5 Å². The fraction of sp³-hybridized carbons (Fsp3) is 0.389. The van der Waals surface area contributed by atoms with Crippen LogP contribution >= 0.6 is 0 Å². The molecule has 2 aromatic rings. The average molecular weight is 389 g/mol. The quantitative estimate of drug-likeness (QED) is 0.439. The minimum absolute atomic E-state index is 0.0100. The number of anilines is 2. The predicted octanol–water partition coefficient (Wildman–Crippen LogP) is 2.62. The molecule has 0 saturated carbocycles. The molecule has 1 aromatic carbocycles. The van der Waals surface area contributed by atoms with Crippen LogP contribution in [0.1, 0.15) is 37.2 Å². The number of ether oxygens (including phenoxy) is 1. The maximum atomic E-state index is 12.3. The Morgan fingerprint density at radius 1 is 1.25 bits per heavy atom. The van der Waals surface area contributed by atoms with Crippen molar-refractivity contribution in [1.29, 1.82) is 0 Å². The van der Waals surface area contributed by atoms with E-state index in [0.29, 0.717) is 11.5 Å². The molecule has 1 unspecified atom stereocenters. The Balaban J connectivity index is 2.11. The molecular formula is C18H23N5O5. The number of nitrogens with zero attached hydrogens (tertiary/aromatic N) is 4. The summed E-state index contributed by atoms with van der Waals surface area (Å²) >= 11 is 0. The number of carbonyl (C=O) groups excluding carboxylic acids is 2. The van der Waals surface area contributed by atoms with Crippen LogP contribution in [0.2, 0.25) is 0 Å². The third kappa shape index (κ3) is 4.64. The molecule has 1 aromatic heterocycles. The van der Waals surface area contributed by atoms with Gasteiger partial charge in [0.2, 0.25) is 0 Å². The lowest BCUT2D eigenvalue weighted by Gasteiger charge is -2.16. The van der Waals surface area contributed by atoms with Crippen LogP contribution in [0.3, 0.4) is 0 Å². The van der Waals surface area contributed by atoms with Crippen molar-refractivity contribution >= 4 is 29.1 Å². The molecule has 0 spiro atoms. The van der Waals surface area contributed by atoms with Crippen LogP contribution in [0.25, 0.3) is 0 Å². The summed E-state index contributed by atoms with van der Waals surface area (Å²) in [6.07, 6.45) is 0.452. The highest BCUT2D eigenvalue weighted by atomic mass is 16.6. The number of rotatable bonds is 7. The molecule has 0 aliphatic rings. The molecule has 1 atom stereocenters. The van der Waals surface area contributed by atoms with E-state index >= 15 is 0 Å². The second-order valence-electron chi connectivity index (χ2n) is 6.65. The number of aromatic nitrogens is 2. The fourth-order valence-electron chi connectivity index (χ4n) is 2.51. The molecule has 10 heteroatoms. The minimum atomic E-state index is -1.10. The van der Waals surface area contributed by atoms with Crippen LogP contribution in [-0.4, -0.2) is 46.8 Å². The average Bonchev–Trinajstić information content (AvgIpc) is 3.09. The van der Waals surface area contributed by atoms with Gasteiger partial charge < -0.3 is 15.0 Å². The highest BCUT2D eigenvalue weighted by molar-refractivity contribution is 5.97. The summed E-state index contributed by atoms with van der Waals surface area (Å²) in [7, 11) is 3.32. The van der Waals surface area contributed by atoms with Crippen LogP contribution in [0.4, 0.5) is 17.2 Å². The predicted molar refractivity (Wildman–Crippen MR) is 104 cm³/mol. The van der Waals surface area contributed by atoms with Crippen molar-refractivity contribution in [2.45, 2.75) is 32.9 Å². The zero-order valence-electron chi connectivity index (χ0n) is 16.4. The molecule has 0 radical (unpaired) electrons. The molecule has 0 aliphatic heterocycles. The van der Waals surface area contributed by atoms with Crippen molar-refractivity contribution in [3.05, 3.63) is 46.1 Å². The smallest absolute Gasteiger partial charge is 0.339 e. The minimum Gasteiger partial charge on any atom is -0.449 e. The van der Waals surface area contributed by atoms with Gasteiger partial charge in [-0.2, -0.15) is 5.10 Å². The van der Waals surface area contributed by atoms with Crippen molar-refractivity contribution in [1.82, 2.24) is 9.78 Å². The van der Waals surface area contributed by atoms with E-state index in [0.717, 1.165) is 6.07 Å². The maximum absolute atomic E-state index is 12.3. The van der Waals surface area contributed by atoms with Gasteiger partial charge in [0.05, 0.1) is 16.7 Å². The summed E-state index contributed by atoms with van der Waals surface area (Å²) in [5, 5.41) is 18.0. The summed E-state index contributed by atoms with van der Waals surface area (Å²) in [6, 6.07) is 5.69. The van der Waals surface area contributed by atoms with E-state index in [9.17, 15) is 19.7 Å². The van der Waals surface area contributed by atoms with Crippen LogP contribution in [0, 0.1) is 10.1 Å². The fourth-order valence-corrected chi connectivity index (χ4v) is 2.51. The number of hydrogen-bond acceptors (Lipinski definition) is 7. The molecular weight excluding hydrogens is 366 g/mol. The third-order valence-electron chi connectivity index (χ3n) is 3.95. The van der Waals surface area contributed by atoms with E-state index in [4.69, 9.17) is 4.74 Å². The molecule has 1 heterocycles. The Kier molecular flexibility index (Phi) is 6.34. The summed E-state index contributed by atoms with van der Waals surface area (Å²) < 4.78 is 6.79. The Labute approximate surface area is 162 Å². The molecule has 150 valence electrons. The molecule has 28 heavy (non-hydrogen) atoms. The SMILES string of the molecule is CC(OC(=O)c1ccc(N(C)C)c([N+](=O)[O-])c1)C(=O)Nc1ccnn1C(C)C. The highest BCUT2D eigenvalue weighted by Gasteiger charge is 2.23. The van der Waals surface area contributed by atoms with Gasteiger partial charge in [0.15, 0.2) is 6.10 Å². The number of nitro groups is 1. The van der Waals surface area contributed by atoms with Gasteiger partial charge in [-0.05, 0) is 32.9 Å². The van der Waals surface area contributed by atoms with E-state index in [2.05, 4.69) is 10.4 Å². The van der Waals surface area contributed by atoms with Crippen LogP contribution < -0.4 is 10.2 Å². The third-order valence-corrected chi connectivity index (χ3v) is 3.95. The first-order valence-electron chi connectivity index (χ1n) is 8.63. The number of hydrogen-bond donors (Lipinski definition) is 1. The second-order valence-corrected chi connectivity index (χ2v) is 6.65. The number of amides is 1. The normalized spacial score (nSPS) is 11.8. The van der Waals surface area contributed by atoms with Gasteiger partial charge in [0.1, 0.15) is 11.5 Å². The Hall–Kier alpha value is -3.43. The number of benzene rings is 1. The standard InChI is InChI=1S/C18H23N5O5/c1-11(2)22-16(8-9-19-22)20-17(24)12(3)28-18(25)13-6-7-14(21(4)5)15(10-13)23(26)27/h6-12H,1-5H3,(H,20,24). The van der Waals surface area contributed by atoms with Crippen molar-refractivity contribution < 1.29 is 19.2 Å².